The van der Waals surface area contributed by atoms with Gasteiger partial charge in [0.2, 0.25) is 5.89 Å². The Bertz CT molecular complexity index is 350. The van der Waals surface area contributed by atoms with E-state index >= 15 is 0 Å². The number of aromatic nitrogens is 2. The molecule has 2 rings (SSSR count). The van der Waals surface area contributed by atoms with Gasteiger partial charge in [0.05, 0.1) is 19.3 Å². The minimum absolute atomic E-state index is 0.252. The van der Waals surface area contributed by atoms with Crippen LogP contribution in [0, 0.1) is 0 Å². The molecule has 0 bridgehead atoms. The summed E-state index contributed by atoms with van der Waals surface area (Å²) in [5.74, 6) is 1.49. The van der Waals surface area contributed by atoms with Crippen molar-refractivity contribution < 1.29 is 9.26 Å². The van der Waals surface area contributed by atoms with E-state index in [1.54, 1.807) is 0 Å². The van der Waals surface area contributed by atoms with E-state index in [9.17, 15) is 0 Å². The fraction of sp³-hybridized carbons (Fsp3) is 0.833. The third kappa shape index (κ3) is 4.04. The molecule has 1 atom stereocenters. The summed E-state index contributed by atoms with van der Waals surface area (Å²) in [4.78, 5) is 6.51. The Hall–Kier alpha value is -0.980. The molecule has 0 spiro atoms. The van der Waals surface area contributed by atoms with Crippen LogP contribution in [0.25, 0.3) is 0 Å². The van der Waals surface area contributed by atoms with Gasteiger partial charge in [0.15, 0.2) is 5.82 Å². The number of nitrogens with zero attached hydrogens (tertiary/aromatic N) is 3. The summed E-state index contributed by atoms with van der Waals surface area (Å²) in [5.41, 5.74) is 0. The molecule has 0 amide bonds. The van der Waals surface area contributed by atoms with Crippen molar-refractivity contribution in [3.8, 4) is 0 Å². The first-order valence-electron chi connectivity index (χ1n) is 6.60. The van der Waals surface area contributed by atoms with Crippen LogP contribution in [-0.2, 0) is 17.7 Å². The summed E-state index contributed by atoms with van der Waals surface area (Å²) < 4.78 is 10.9. The lowest BCUT2D eigenvalue weighted by molar-refractivity contribution is 0.00748. The zero-order valence-corrected chi connectivity index (χ0v) is 11.2. The Morgan fingerprint density at radius 1 is 1.50 bits per heavy atom. The number of ether oxygens (including phenoxy) is 1. The van der Waals surface area contributed by atoms with Gasteiger partial charge in [-0.2, -0.15) is 4.98 Å². The van der Waals surface area contributed by atoms with Gasteiger partial charge in [0.1, 0.15) is 0 Å². The normalized spacial score (nSPS) is 20.5. The monoisotopic (exact) mass is 254 g/mol. The van der Waals surface area contributed by atoms with Gasteiger partial charge in [-0.3, -0.25) is 4.90 Å². The Labute approximate surface area is 108 Å². The average molecular weight is 254 g/mol. The third-order valence-electron chi connectivity index (χ3n) is 2.91. The molecule has 1 aliphatic rings. The van der Waals surface area contributed by atoms with Crippen LogP contribution in [0.3, 0.4) is 0 Å². The molecule has 1 N–H and O–H groups in total. The molecular weight excluding hydrogens is 232 g/mol. The van der Waals surface area contributed by atoms with E-state index in [0.29, 0.717) is 12.4 Å². The van der Waals surface area contributed by atoms with Crippen LogP contribution in [0.5, 0.6) is 0 Å². The summed E-state index contributed by atoms with van der Waals surface area (Å²) in [6, 6.07) is 0. The second-order valence-corrected chi connectivity index (χ2v) is 4.75. The zero-order chi connectivity index (χ0) is 12.8. The van der Waals surface area contributed by atoms with Gasteiger partial charge in [-0.25, -0.2) is 0 Å². The van der Waals surface area contributed by atoms with E-state index in [4.69, 9.17) is 9.26 Å². The molecule has 1 aromatic heterocycles. The first-order valence-corrected chi connectivity index (χ1v) is 6.60. The van der Waals surface area contributed by atoms with Gasteiger partial charge in [-0.15, -0.1) is 0 Å². The summed E-state index contributed by atoms with van der Waals surface area (Å²) in [5, 5.41) is 7.27. The highest BCUT2D eigenvalue weighted by Crippen LogP contribution is 2.05. The van der Waals surface area contributed by atoms with E-state index < -0.39 is 0 Å². The molecule has 0 radical (unpaired) electrons. The highest BCUT2D eigenvalue weighted by atomic mass is 16.5. The smallest absolute Gasteiger partial charge is 0.240 e. The van der Waals surface area contributed by atoms with Crippen LogP contribution in [0.2, 0.25) is 0 Å². The van der Waals surface area contributed by atoms with Gasteiger partial charge in [-0.1, -0.05) is 12.1 Å². The number of likely N-dealkylation sites (N-methyl/N-ethyl adjacent to an activating group) is 1. The molecule has 6 nitrogen and oxygen atoms in total. The topological polar surface area (TPSA) is 63.4 Å². The number of aryl methyl sites for hydroxylation is 1. The molecular formula is C12H22N4O2. The van der Waals surface area contributed by atoms with Gasteiger partial charge < -0.3 is 14.6 Å². The van der Waals surface area contributed by atoms with E-state index in [1.165, 1.54) is 0 Å². The van der Waals surface area contributed by atoms with Crippen molar-refractivity contribution in [3.63, 3.8) is 0 Å². The first kappa shape index (κ1) is 13.5. The maximum atomic E-state index is 5.66. The molecule has 6 heteroatoms. The van der Waals surface area contributed by atoms with Crippen LogP contribution in [-0.4, -0.2) is 54.4 Å². The van der Waals surface area contributed by atoms with E-state index in [-0.39, 0.29) is 6.10 Å². The molecule has 0 saturated carbocycles. The largest absolute Gasteiger partial charge is 0.374 e. The SMILES string of the molecule is CCCc1noc(CN(C)CC2CNCCO2)n1. The zero-order valence-electron chi connectivity index (χ0n) is 11.2. The van der Waals surface area contributed by atoms with Crippen molar-refractivity contribution in [2.75, 3.05) is 33.3 Å². The van der Waals surface area contributed by atoms with E-state index in [1.807, 2.05) is 7.05 Å². The fourth-order valence-corrected chi connectivity index (χ4v) is 2.06. The molecule has 0 aliphatic carbocycles. The van der Waals surface area contributed by atoms with Crippen LogP contribution >= 0.6 is 0 Å². The second-order valence-electron chi connectivity index (χ2n) is 4.75. The quantitative estimate of drug-likeness (QED) is 0.795. The standard InChI is InChI=1S/C12H22N4O2/c1-3-4-11-14-12(18-15-11)9-16(2)8-10-7-13-5-6-17-10/h10,13H,3-9H2,1-2H3. The van der Waals surface area contributed by atoms with Crippen LogP contribution < -0.4 is 5.32 Å². The molecule has 18 heavy (non-hydrogen) atoms. The number of nitrogens with one attached hydrogen (secondary N) is 1. The van der Waals surface area contributed by atoms with Crippen molar-refractivity contribution in [2.45, 2.75) is 32.4 Å². The molecule has 1 aliphatic heterocycles. The highest BCUT2D eigenvalue weighted by Gasteiger charge is 2.17. The van der Waals surface area contributed by atoms with Crippen LogP contribution in [0.1, 0.15) is 25.1 Å². The Morgan fingerprint density at radius 3 is 3.11 bits per heavy atom. The lowest BCUT2D eigenvalue weighted by Crippen LogP contribution is -2.44. The molecule has 0 aromatic carbocycles. The highest BCUT2D eigenvalue weighted by molar-refractivity contribution is 4.86. The average Bonchev–Trinajstić information content (AvgIpc) is 2.78. The van der Waals surface area contributed by atoms with Gasteiger partial charge in [0.25, 0.3) is 0 Å². The van der Waals surface area contributed by atoms with Gasteiger partial charge in [-0.05, 0) is 13.5 Å². The predicted molar refractivity (Wildman–Crippen MR) is 67.2 cm³/mol. The molecule has 102 valence electrons. The molecule has 1 saturated heterocycles. The number of hydrogen-bond acceptors (Lipinski definition) is 6. The van der Waals surface area contributed by atoms with Gasteiger partial charge >= 0.3 is 0 Å². The maximum absolute atomic E-state index is 5.66. The van der Waals surface area contributed by atoms with E-state index in [2.05, 4.69) is 27.3 Å². The minimum atomic E-state index is 0.252. The van der Waals surface area contributed by atoms with Crippen molar-refractivity contribution in [1.29, 1.82) is 0 Å². The first-order chi connectivity index (χ1) is 8.78. The second kappa shape index (κ2) is 6.82. The van der Waals surface area contributed by atoms with Crippen molar-refractivity contribution in [3.05, 3.63) is 11.7 Å². The Kier molecular flexibility index (Phi) is 5.10. The number of rotatable bonds is 6. The third-order valence-corrected chi connectivity index (χ3v) is 2.91. The summed E-state index contributed by atoms with van der Waals surface area (Å²) in [7, 11) is 2.04. The molecule has 1 aromatic rings. The van der Waals surface area contributed by atoms with Crippen molar-refractivity contribution in [1.82, 2.24) is 20.4 Å². The Morgan fingerprint density at radius 2 is 2.39 bits per heavy atom. The fourth-order valence-electron chi connectivity index (χ4n) is 2.06. The summed E-state index contributed by atoms with van der Waals surface area (Å²) in [6.07, 6.45) is 2.17. The Balaban J connectivity index is 1.76. The van der Waals surface area contributed by atoms with Gasteiger partial charge in [0, 0.05) is 26.1 Å². The van der Waals surface area contributed by atoms with Crippen LogP contribution in [0.15, 0.2) is 4.52 Å². The van der Waals surface area contributed by atoms with Crippen molar-refractivity contribution >= 4 is 0 Å². The number of hydrogen-bond donors (Lipinski definition) is 1. The lowest BCUT2D eigenvalue weighted by Gasteiger charge is -2.27. The lowest BCUT2D eigenvalue weighted by atomic mass is 10.3. The maximum Gasteiger partial charge on any atom is 0.240 e. The predicted octanol–water partition coefficient (Wildman–Crippen LogP) is 0.442. The molecule has 2 heterocycles. The summed E-state index contributed by atoms with van der Waals surface area (Å²) >= 11 is 0. The van der Waals surface area contributed by atoms with Crippen LogP contribution in [0.4, 0.5) is 0 Å². The number of morpholine rings is 1. The molecule has 1 unspecified atom stereocenters. The van der Waals surface area contributed by atoms with E-state index in [0.717, 1.165) is 44.9 Å². The minimum Gasteiger partial charge on any atom is -0.374 e. The molecule has 1 fully saturated rings. The van der Waals surface area contributed by atoms with Crippen molar-refractivity contribution in [2.24, 2.45) is 0 Å². The summed E-state index contributed by atoms with van der Waals surface area (Å²) in [6.45, 7) is 6.31.